The summed E-state index contributed by atoms with van der Waals surface area (Å²) >= 11 is 0. The van der Waals surface area contributed by atoms with Crippen molar-refractivity contribution in [1.82, 2.24) is 29.7 Å². The van der Waals surface area contributed by atoms with Gasteiger partial charge in [0.1, 0.15) is 24.5 Å². The normalized spacial score (nSPS) is 14.7. The van der Waals surface area contributed by atoms with E-state index in [9.17, 15) is 13.2 Å². The topological polar surface area (TPSA) is 96.4 Å². The predicted molar refractivity (Wildman–Crippen MR) is 117 cm³/mol. The summed E-state index contributed by atoms with van der Waals surface area (Å²) in [5.74, 6) is 1.48. The molecule has 1 fully saturated rings. The summed E-state index contributed by atoms with van der Waals surface area (Å²) in [6.45, 7) is 1.85. The summed E-state index contributed by atoms with van der Waals surface area (Å²) in [7, 11) is 1.74. The lowest BCUT2D eigenvalue weighted by molar-refractivity contribution is -0.136. The molecule has 172 valence electrons. The Kier molecular flexibility index (Phi) is 5.16. The van der Waals surface area contributed by atoms with Gasteiger partial charge in [0, 0.05) is 18.6 Å². The Labute approximate surface area is 192 Å². The number of alkyl halides is 3. The van der Waals surface area contributed by atoms with Gasteiger partial charge in [0.25, 0.3) is 0 Å². The second-order valence-corrected chi connectivity index (χ2v) is 8.27. The minimum Gasteiger partial charge on any atom is -0.349 e. The van der Waals surface area contributed by atoms with Gasteiger partial charge in [-0.05, 0) is 55.5 Å². The third-order valence-electron chi connectivity index (χ3n) is 6.05. The molecule has 1 atom stereocenters. The number of fused-ring (bicyclic) bond motifs is 1. The molecular weight excluding hydrogens is 445 g/mol. The van der Waals surface area contributed by atoms with E-state index in [0.29, 0.717) is 34.0 Å². The Morgan fingerprint density at radius 1 is 1.12 bits per heavy atom. The maximum atomic E-state index is 13.9. The first-order chi connectivity index (χ1) is 16.3. The highest BCUT2D eigenvalue weighted by Gasteiger charge is 2.36. The number of benzene rings is 1. The van der Waals surface area contributed by atoms with Gasteiger partial charge in [0.05, 0.1) is 22.7 Å². The fourth-order valence-corrected chi connectivity index (χ4v) is 3.97. The second kappa shape index (κ2) is 8.06. The van der Waals surface area contributed by atoms with Crippen molar-refractivity contribution in [2.75, 3.05) is 11.9 Å². The van der Waals surface area contributed by atoms with Gasteiger partial charge >= 0.3 is 6.18 Å². The molecule has 3 heterocycles. The number of pyridine rings is 1. The molecule has 0 aliphatic heterocycles. The van der Waals surface area contributed by atoms with Gasteiger partial charge in [0.2, 0.25) is 0 Å². The van der Waals surface area contributed by atoms with Gasteiger partial charge in [-0.2, -0.15) is 28.2 Å². The second-order valence-electron chi connectivity index (χ2n) is 8.27. The number of nitriles is 1. The van der Waals surface area contributed by atoms with Crippen LogP contribution in [-0.4, -0.2) is 36.8 Å². The van der Waals surface area contributed by atoms with Gasteiger partial charge < -0.3 is 4.90 Å². The highest BCUT2D eigenvalue weighted by molar-refractivity contribution is 5.92. The molecule has 0 radical (unpaired) electrons. The monoisotopic (exact) mass is 464 g/mol. The molecule has 0 bridgehead atoms. The Hall–Kier alpha value is -4.07. The zero-order chi connectivity index (χ0) is 24.0. The summed E-state index contributed by atoms with van der Waals surface area (Å²) < 4.78 is 43.1. The Morgan fingerprint density at radius 3 is 2.56 bits per heavy atom. The van der Waals surface area contributed by atoms with Crippen molar-refractivity contribution in [1.29, 1.82) is 5.26 Å². The molecule has 1 aliphatic rings. The van der Waals surface area contributed by atoms with Gasteiger partial charge in [-0.15, -0.1) is 0 Å². The molecule has 0 amide bonds. The van der Waals surface area contributed by atoms with Crippen LogP contribution in [-0.2, 0) is 6.18 Å². The molecule has 1 aromatic carbocycles. The summed E-state index contributed by atoms with van der Waals surface area (Å²) in [6.07, 6.45) is 1.19. The third-order valence-corrected chi connectivity index (χ3v) is 6.05. The van der Waals surface area contributed by atoms with Crippen molar-refractivity contribution in [2.45, 2.75) is 37.9 Å². The minimum atomic E-state index is -4.53. The summed E-state index contributed by atoms with van der Waals surface area (Å²) in [5, 5.41) is 13.6. The van der Waals surface area contributed by atoms with Crippen LogP contribution < -0.4 is 4.90 Å². The standard InChI is InChI=1S/C23H19F3N8/c1-13(21-31-12-32-34(21)19-6-3-14(9-27)10-28-19)33(2)22-17-7-16(15-4-5-15)8-18(23(24,25)26)20(17)29-11-30-22/h3,6-8,10-13,15H,4-5H2,1-2H3/t13-/m0/s1. The van der Waals surface area contributed by atoms with E-state index in [1.165, 1.54) is 23.3 Å². The number of halogens is 3. The molecular formula is C23H19F3N8. The quantitative estimate of drug-likeness (QED) is 0.427. The van der Waals surface area contributed by atoms with Gasteiger partial charge in [0.15, 0.2) is 11.6 Å². The number of aromatic nitrogens is 6. The molecule has 0 N–H and O–H groups in total. The van der Waals surface area contributed by atoms with Crippen molar-refractivity contribution in [3.05, 3.63) is 65.6 Å². The van der Waals surface area contributed by atoms with Crippen molar-refractivity contribution in [3.63, 3.8) is 0 Å². The minimum absolute atomic E-state index is 0.129. The smallest absolute Gasteiger partial charge is 0.349 e. The Bertz CT molecular complexity index is 1400. The number of rotatable bonds is 5. The van der Waals surface area contributed by atoms with E-state index in [-0.39, 0.29) is 11.4 Å². The lowest BCUT2D eigenvalue weighted by Crippen LogP contribution is -2.26. The first-order valence-electron chi connectivity index (χ1n) is 10.6. The van der Waals surface area contributed by atoms with E-state index in [1.807, 2.05) is 13.0 Å². The molecule has 3 aromatic heterocycles. The number of anilines is 1. The molecule has 0 saturated heterocycles. The van der Waals surface area contributed by atoms with Crippen LogP contribution in [0.2, 0.25) is 0 Å². The van der Waals surface area contributed by atoms with E-state index in [4.69, 9.17) is 5.26 Å². The first kappa shape index (κ1) is 21.8. The lowest BCUT2D eigenvalue weighted by atomic mass is 10.0. The number of hydrogen-bond acceptors (Lipinski definition) is 7. The average molecular weight is 464 g/mol. The van der Waals surface area contributed by atoms with Gasteiger partial charge in [-0.1, -0.05) is 0 Å². The fraction of sp³-hybridized carbons (Fsp3) is 0.304. The highest BCUT2D eigenvalue weighted by atomic mass is 19.4. The Morgan fingerprint density at radius 2 is 1.91 bits per heavy atom. The van der Waals surface area contributed by atoms with E-state index < -0.39 is 17.8 Å². The number of nitrogens with zero attached hydrogens (tertiary/aromatic N) is 8. The first-order valence-corrected chi connectivity index (χ1v) is 10.6. The van der Waals surface area contributed by atoms with Crippen LogP contribution in [0.25, 0.3) is 16.7 Å². The van der Waals surface area contributed by atoms with E-state index >= 15 is 0 Å². The highest BCUT2D eigenvalue weighted by Crippen LogP contribution is 2.45. The Balaban J connectivity index is 1.58. The van der Waals surface area contributed by atoms with Crippen LogP contribution >= 0.6 is 0 Å². The van der Waals surface area contributed by atoms with Gasteiger partial charge in [-0.25, -0.2) is 19.9 Å². The molecule has 0 unspecified atom stereocenters. The SMILES string of the molecule is C[C@@H](c1ncnn1-c1ccc(C#N)cn1)N(C)c1ncnc2c(C(F)(F)F)cc(C3CC3)cc12. The number of hydrogen-bond donors (Lipinski definition) is 0. The molecule has 0 spiro atoms. The van der Waals surface area contributed by atoms with Crippen LogP contribution in [0, 0.1) is 11.3 Å². The van der Waals surface area contributed by atoms with Crippen molar-refractivity contribution in [2.24, 2.45) is 0 Å². The van der Waals surface area contributed by atoms with Crippen LogP contribution in [0.3, 0.4) is 0 Å². The van der Waals surface area contributed by atoms with E-state index in [1.54, 1.807) is 30.1 Å². The van der Waals surface area contributed by atoms with E-state index in [0.717, 1.165) is 19.2 Å². The van der Waals surface area contributed by atoms with Gasteiger partial charge in [-0.3, -0.25) is 0 Å². The molecule has 4 aromatic rings. The molecule has 1 saturated carbocycles. The van der Waals surface area contributed by atoms with Crippen molar-refractivity contribution < 1.29 is 13.2 Å². The van der Waals surface area contributed by atoms with E-state index in [2.05, 4.69) is 25.0 Å². The zero-order valence-corrected chi connectivity index (χ0v) is 18.3. The molecule has 1 aliphatic carbocycles. The predicted octanol–water partition coefficient (Wildman–Crippen LogP) is 4.57. The fourth-order valence-electron chi connectivity index (χ4n) is 3.97. The summed E-state index contributed by atoms with van der Waals surface area (Å²) in [6, 6.07) is 7.86. The third kappa shape index (κ3) is 3.81. The largest absolute Gasteiger partial charge is 0.418 e. The average Bonchev–Trinajstić information content (AvgIpc) is 3.58. The van der Waals surface area contributed by atoms with Crippen molar-refractivity contribution >= 4 is 16.7 Å². The van der Waals surface area contributed by atoms with Crippen LogP contribution in [0.1, 0.15) is 54.2 Å². The molecule has 5 rings (SSSR count). The molecule has 8 nitrogen and oxygen atoms in total. The van der Waals surface area contributed by atoms with Crippen LogP contribution in [0.4, 0.5) is 19.0 Å². The lowest BCUT2D eigenvalue weighted by Gasteiger charge is -2.27. The molecule has 34 heavy (non-hydrogen) atoms. The van der Waals surface area contributed by atoms with Crippen LogP contribution in [0.5, 0.6) is 0 Å². The maximum Gasteiger partial charge on any atom is 0.418 e. The van der Waals surface area contributed by atoms with Crippen LogP contribution in [0.15, 0.2) is 43.1 Å². The summed E-state index contributed by atoms with van der Waals surface area (Å²) in [5.41, 5.74) is 0.189. The molecule has 11 heteroatoms. The zero-order valence-electron chi connectivity index (χ0n) is 18.3. The van der Waals surface area contributed by atoms with Crippen molar-refractivity contribution in [3.8, 4) is 11.9 Å². The maximum absolute atomic E-state index is 13.9. The summed E-state index contributed by atoms with van der Waals surface area (Å²) in [4.78, 5) is 18.7.